The van der Waals surface area contributed by atoms with Gasteiger partial charge in [-0.1, -0.05) is 47.5 Å². The zero-order valence-corrected chi connectivity index (χ0v) is 17.2. The molecule has 0 radical (unpaired) electrons. The second-order valence-electron chi connectivity index (χ2n) is 7.03. The van der Waals surface area contributed by atoms with Crippen molar-refractivity contribution in [3.63, 3.8) is 0 Å². The van der Waals surface area contributed by atoms with Crippen molar-refractivity contribution in [3.8, 4) is 34.0 Å². The molecule has 0 saturated heterocycles. The first-order valence-electron chi connectivity index (χ1n) is 9.56. The summed E-state index contributed by atoms with van der Waals surface area (Å²) >= 11 is 6.20. The minimum Gasteiger partial charge on any atom is -0.232 e. The van der Waals surface area contributed by atoms with E-state index < -0.39 is 0 Å². The molecular weight excluding hydrogens is 415 g/mol. The monoisotopic (exact) mass is 430 g/mol. The number of aromatic nitrogens is 6. The summed E-state index contributed by atoms with van der Waals surface area (Å²) in [5.41, 5.74) is 4.12. The van der Waals surface area contributed by atoms with Crippen LogP contribution in [0.15, 0.2) is 79.0 Å². The Hall–Kier alpha value is -3.84. The third-order valence-corrected chi connectivity index (χ3v) is 5.18. The van der Waals surface area contributed by atoms with Crippen molar-refractivity contribution in [2.45, 2.75) is 6.92 Å². The lowest BCUT2D eigenvalue weighted by Crippen LogP contribution is -2.03. The van der Waals surface area contributed by atoms with Crippen LogP contribution in [-0.2, 0) is 0 Å². The molecule has 152 valence electrons. The van der Waals surface area contributed by atoms with E-state index in [-0.39, 0.29) is 5.82 Å². The van der Waals surface area contributed by atoms with E-state index in [0.717, 1.165) is 11.3 Å². The van der Waals surface area contributed by atoms with Crippen molar-refractivity contribution in [1.29, 1.82) is 0 Å². The molecule has 5 rings (SSSR count). The van der Waals surface area contributed by atoms with E-state index in [0.29, 0.717) is 33.4 Å². The number of rotatable bonds is 4. The Morgan fingerprint density at radius 2 is 1.65 bits per heavy atom. The van der Waals surface area contributed by atoms with Crippen LogP contribution in [0.4, 0.5) is 4.39 Å². The molecule has 0 N–H and O–H groups in total. The molecule has 0 amide bonds. The maximum absolute atomic E-state index is 14.9. The molecule has 0 fully saturated rings. The number of nitrogens with zero attached hydrogens (tertiary/aromatic N) is 6. The highest BCUT2D eigenvalue weighted by molar-refractivity contribution is 6.30. The second-order valence-corrected chi connectivity index (χ2v) is 7.46. The average Bonchev–Trinajstić information content (AvgIpc) is 3.42. The molecule has 0 aliphatic carbocycles. The van der Waals surface area contributed by atoms with E-state index in [1.165, 1.54) is 6.07 Å². The Morgan fingerprint density at radius 3 is 2.42 bits per heavy atom. The fraction of sp³-hybridized carbons (Fsp3) is 0.0435. The van der Waals surface area contributed by atoms with Crippen molar-refractivity contribution in [2.24, 2.45) is 0 Å². The Balaban J connectivity index is 1.76. The van der Waals surface area contributed by atoms with Crippen molar-refractivity contribution >= 4 is 11.6 Å². The SMILES string of the molecule is Cc1ccc(-n2nnnc2-c2cnn(-c3cccc(Cl)c3)c2-c2ccccc2F)cc1. The van der Waals surface area contributed by atoms with E-state index in [4.69, 9.17) is 11.6 Å². The van der Waals surface area contributed by atoms with Gasteiger partial charge in [0.05, 0.1) is 28.8 Å². The summed E-state index contributed by atoms with van der Waals surface area (Å²) in [4.78, 5) is 0. The van der Waals surface area contributed by atoms with E-state index >= 15 is 0 Å². The molecule has 0 spiro atoms. The van der Waals surface area contributed by atoms with Crippen LogP contribution >= 0.6 is 11.6 Å². The number of hydrogen-bond donors (Lipinski definition) is 0. The van der Waals surface area contributed by atoms with Crippen LogP contribution in [0.1, 0.15) is 5.56 Å². The largest absolute Gasteiger partial charge is 0.232 e. The maximum Gasteiger partial charge on any atom is 0.190 e. The lowest BCUT2D eigenvalue weighted by molar-refractivity contribution is 0.629. The predicted octanol–water partition coefficient (Wildman–Crippen LogP) is 5.28. The van der Waals surface area contributed by atoms with Crippen LogP contribution in [0.2, 0.25) is 5.02 Å². The average molecular weight is 431 g/mol. The molecule has 0 aliphatic heterocycles. The third-order valence-electron chi connectivity index (χ3n) is 4.94. The van der Waals surface area contributed by atoms with Gasteiger partial charge in [-0.3, -0.25) is 0 Å². The summed E-state index contributed by atoms with van der Waals surface area (Å²) < 4.78 is 18.2. The van der Waals surface area contributed by atoms with Gasteiger partial charge in [-0.2, -0.15) is 9.78 Å². The number of aryl methyl sites for hydroxylation is 1. The van der Waals surface area contributed by atoms with Gasteiger partial charge in [0.2, 0.25) is 0 Å². The first-order valence-corrected chi connectivity index (χ1v) is 9.94. The molecule has 2 heterocycles. The molecular formula is C23H16ClFN6. The molecule has 0 aliphatic rings. The Bertz CT molecular complexity index is 1370. The van der Waals surface area contributed by atoms with Gasteiger partial charge in [0, 0.05) is 10.6 Å². The van der Waals surface area contributed by atoms with Crippen LogP contribution in [0.25, 0.3) is 34.0 Å². The molecule has 6 nitrogen and oxygen atoms in total. The molecule has 31 heavy (non-hydrogen) atoms. The van der Waals surface area contributed by atoms with Crippen molar-refractivity contribution in [1.82, 2.24) is 30.0 Å². The minimum atomic E-state index is -0.373. The van der Waals surface area contributed by atoms with Crippen molar-refractivity contribution < 1.29 is 4.39 Å². The third kappa shape index (κ3) is 3.49. The Labute approximate surface area is 182 Å². The predicted molar refractivity (Wildman–Crippen MR) is 117 cm³/mol. The highest BCUT2D eigenvalue weighted by Gasteiger charge is 2.23. The van der Waals surface area contributed by atoms with Gasteiger partial charge in [-0.05, 0) is 59.8 Å². The number of benzene rings is 3. The topological polar surface area (TPSA) is 61.4 Å². The number of tetrazole rings is 1. The first kappa shape index (κ1) is 19.1. The maximum atomic E-state index is 14.9. The van der Waals surface area contributed by atoms with Gasteiger partial charge in [0.25, 0.3) is 0 Å². The van der Waals surface area contributed by atoms with Crippen LogP contribution in [0, 0.1) is 12.7 Å². The second kappa shape index (κ2) is 7.77. The quantitative estimate of drug-likeness (QED) is 0.389. The van der Waals surface area contributed by atoms with Crippen LogP contribution in [-0.4, -0.2) is 30.0 Å². The summed E-state index contributed by atoms with van der Waals surface area (Å²) in [6, 6.07) is 21.6. The summed E-state index contributed by atoms with van der Waals surface area (Å²) in [6.45, 7) is 2.01. The van der Waals surface area contributed by atoms with E-state index in [2.05, 4.69) is 20.6 Å². The highest BCUT2D eigenvalue weighted by atomic mass is 35.5. The molecule has 2 aromatic heterocycles. The lowest BCUT2D eigenvalue weighted by Gasteiger charge is -2.11. The van der Waals surface area contributed by atoms with Crippen molar-refractivity contribution in [2.75, 3.05) is 0 Å². The van der Waals surface area contributed by atoms with E-state index in [9.17, 15) is 4.39 Å². The molecule has 8 heteroatoms. The summed E-state index contributed by atoms with van der Waals surface area (Å²) in [5, 5.41) is 17.3. The van der Waals surface area contributed by atoms with Gasteiger partial charge in [-0.25, -0.2) is 9.07 Å². The molecule has 0 atom stereocenters. The normalized spacial score (nSPS) is 11.1. The smallest absolute Gasteiger partial charge is 0.190 e. The van der Waals surface area contributed by atoms with E-state index in [1.54, 1.807) is 45.9 Å². The van der Waals surface area contributed by atoms with Gasteiger partial charge in [0.1, 0.15) is 5.82 Å². The van der Waals surface area contributed by atoms with E-state index in [1.807, 2.05) is 43.3 Å². The zero-order chi connectivity index (χ0) is 21.4. The van der Waals surface area contributed by atoms with Gasteiger partial charge in [0.15, 0.2) is 5.82 Å². The summed E-state index contributed by atoms with van der Waals surface area (Å²) in [5.74, 6) is 0.0808. The summed E-state index contributed by atoms with van der Waals surface area (Å²) in [6.07, 6.45) is 1.64. The first-order chi connectivity index (χ1) is 15.1. The standard InChI is InChI=1S/C23H16ClFN6/c1-15-9-11-17(12-10-15)31-23(27-28-29-31)20-14-26-30(18-6-4-5-16(24)13-18)22(20)19-7-2-3-8-21(19)25/h2-14H,1H3. The fourth-order valence-electron chi connectivity index (χ4n) is 3.44. The molecule has 3 aromatic carbocycles. The van der Waals surface area contributed by atoms with Gasteiger partial charge >= 0.3 is 0 Å². The Kier molecular flexibility index (Phi) is 4.80. The summed E-state index contributed by atoms with van der Waals surface area (Å²) in [7, 11) is 0. The van der Waals surface area contributed by atoms with Gasteiger partial charge in [-0.15, -0.1) is 5.10 Å². The van der Waals surface area contributed by atoms with Crippen LogP contribution in [0.5, 0.6) is 0 Å². The number of hydrogen-bond acceptors (Lipinski definition) is 4. The highest BCUT2D eigenvalue weighted by Crippen LogP contribution is 2.35. The molecule has 0 unspecified atom stereocenters. The lowest BCUT2D eigenvalue weighted by atomic mass is 10.1. The Morgan fingerprint density at radius 1 is 0.839 bits per heavy atom. The van der Waals surface area contributed by atoms with Gasteiger partial charge < -0.3 is 0 Å². The zero-order valence-electron chi connectivity index (χ0n) is 16.4. The van der Waals surface area contributed by atoms with Crippen LogP contribution in [0.3, 0.4) is 0 Å². The number of halogens is 2. The molecule has 0 bridgehead atoms. The minimum absolute atomic E-state index is 0.373. The van der Waals surface area contributed by atoms with Crippen LogP contribution < -0.4 is 0 Å². The fourth-order valence-corrected chi connectivity index (χ4v) is 3.63. The van der Waals surface area contributed by atoms with Crippen molar-refractivity contribution in [3.05, 3.63) is 95.4 Å². The molecule has 5 aromatic rings. The molecule has 0 saturated carbocycles.